The second kappa shape index (κ2) is 8.71. The molecule has 6 nitrogen and oxygen atoms in total. The van der Waals surface area contributed by atoms with E-state index >= 15 is 0 Å². The molecule has 2 aromatic carbocycles. The van der Waals surface area contributed by atoms with Crippen LogP contribution in [0.15, 0.2) is 71.0 Å². The van der Waals surface area contributed by atoms with Gasteiger partial charge in [0, 0.05) is 29.0 Å². The van der Waals surface area contributed by atoms with Crippen molar-refractivity contribution in [3.05, 3.63) is 77.0 Å². The van der Waals surface area contributed by atoms with E-state index in [0.29, 0.717) is 24.1 Å². The van der Waals surface area contributed by atoms with E-state index in [2.05, 4.69) is 31.3 Å². The first-order valence-corrected chi connectivity index (χ1v) is 12.3. The summed E-state index contributed by atoms with van der Waals surface area (Å²) < 4.78 is 7.81. The van der Waals surface area contributed by atoms with Crippen molar-refractivity contribution in [1.82, 2.24) is 14.8 Å². The smallest absolute Gasteiger partial charge is 0.227 e. The topological polar surface area (TPSA) is 69.0 Å². The van der Waals surface area contributed by atoms with Gasteiger partial charge in [0.1, 0.15) is 11.8 Å². The molecule has 0 radical (unpaired) electrons. The fourth-order valence-electron chi connectivity index (χ4n) is 4.65. The van der Waals surface area contributed by atoms with Gasteiger partial charge in [-0.2, -0.15) is 4.98 Å². The zero-order valence-electron chi connectivity index (χ0n) is 19.2. The third kappa shape index (κ3) is 4.29. The van der Waals surface area contributed by atoms with Crippen LogP contribution in [0, 0.1) is 5.41 Å². The van der Waals surface area contributed by atoms with E-state index in [-0.39, 0.29) is 17.2 Å². The van der Waals surface area contributed by atoms with Crippen LogP contribution < -0.4 is 10.1 Å². The largest absolute Gasteiger partial charge is 0.494 e. The van der Waals surface area contributed by atoms with Gasteiger partial charge in [-0.1, -0.05) is 74.1 Å². The molecule has 0 amide bonds. The summed E-state index contributed by atoms with van der Waals surface area (Å²) in [4.78, 5) is 18.2. The number of carbonyl (C=O) groups excluding carboxylic acids is 1. The Labute approximate surface area is 198 Å². The summed E-state index contributed by atoms with van der Waals surface area (Å²) in [7, 11) is 0. The van der Waals surface area contributed by atoms with Crippen LogP contribution in [0.25, 0.3) is 0 Å². The lowest BCUT2D eigenvalue weighted by Crippen LogP contribution is -2.36. The molecule has 7 heteroatoms. The van der Waals surface area contributed by atoms with Crippen molar-refractivity contribution in [3.8, 4) is 5.75 Å². The van der Waals surface area contributed by atoms with Gasteiger partial charge in [-0.3, -0.25) is 4.79 Å². The van der Waals surface area contributed by atoms with Crippen molar-refractivity contribution in [2.75, 3.05) is 11.9 Å². The van der Waals surface area contributed by atoms with Crippen molar-refractivity contribution < 1.29 is 9.53 Å². The van der Waals surface area contributed by atoms with Crippen molar-refractivity contribution in [1.29, 1.82) is 0 Å². The average Bonchev–Trinajstić information content (AvgIpc) is 3.19. The van der Waals surface area contributed by atoms with E-state index in [1.54, 1.807) is 11.8 Å². The number of fused-ring (bicyclic) bond motifs is 1. The summed E-state index contributed by atoms with van der Waals surface area (Å²) in [5.41, 5.74) is 3.79. The highest BCUT2D eigenvalue weighted by atomic mass is 32.2. The van der Waals surface area contributed by atoms with Gasteiger partial charge in [-0.05, 0) is 30.4 Å². The van der Waals surface area contributed by atoms with E-state index in [4.69, 9.17) is 14.8 Å². The summed E-state index contributed by atoms with van der Waals surface area (Å²) in [6.45, 7) is 6.80. The molecule has 3 aromatic rings. The number of hydrogen-bond donors (Lipinski definition) is 1. The molecule has 1 aliphatic heterocycles. The molecule has 0 saturated carbocycles. The van der Waals surface area contributed by atoms with Gasteiger partial charge in [-0.25, -0.2) is 4.68 Å². The summed E-state index contributed by atoms with van der Waals surface area (Å²) in [5.74, 6) is 2.39. The lowest BCUT2D eigenvalue weighted by Gasteiger charge is -2.38. The number of aromatic nitrogens is 3. The van der Waals surface area contributed by atoms with E-state index in [0.717, 1.165) is 34.8 Å². The van der Waals surface area contributed by atoms with Gasteiger partial charge in [0.25, 0.3) is 0 Å². The number of anilines is 1. The zero-order chi connectivity index (χ0) is 23.0. The number of carbonyl (C=O) groups is 1. The minimum atomic E-state index is -0.360. The molecule has 0 spiro atoms. The number of ether oxygens (including phenoxy) is 1. The first-order chi connectivity index (χ1) is 15.9. The van der Waals surface area contributed by atoms with E-state index < -0.39 is 0 Å². The first kappa shape index (κ1) is 21.8. The van der Waals surface area contributed by atoms with E-state index in [1.807, 2.05) is 54.1 Å². The van der Waals surface area contributed by atoms with Gasteiger partial charge in [-0.15, -0.1) is 5.10 Å². The summed E-state index contributed by atoms with van der Waals surface area (Å²) in [5, 5.41) is 8.99. The highest BCUT2D eigenvalue weighted by Crippen LogP contribution is 2.47. The Bertz CT molecular complexity index is 1220. The molecule has 0 bridgehead atoms. The Hall–Kier alpha value is -3.06. The third-order valence-corrected chi connectivity index (χ3v) is 6.95. The van der Waals surface area contributed by atoms with Crippen molar-refractivity contribution in [2.24, 2.45) is 5.41 Å². The maximum atomic E-state index is 13.4. The minimum absolute atomic E-state index is 0.0972. The molecule has 2 aliphatic rings. The number of nitrogens with zero attached hydrogens (tertiary/aromatic N) is 3. The number of Topliss-reactive ketones (excluding diaryl/α,β-unsaturated/α-hetero) is 1. The van der Waals surface area contributed by atoms with Crippen LogP contribution in [0.5, 0.6) is 5.75 Å². The summed E-state index contributed by atoms with van der Waals surface area (Å²) >= 11 is 1.59. The Morgan fingerprint density at radius 3 is 2.67 bits per heavy atom. The number of allylic oxidation sites excluding steroid dienone is 2. The summed E-state index contributed by atoms with van der Waals surface area (Å²) in [6, 6.07) is 17.9. The van der Waals surface area contributed by atoms with Gasteiger partial charge in [0.05, 0.1) is 6.61 Å². The first-order valence-electron chi connectivity index (χ1n) is 11.3. The van der Waals surface area contributed by atoms with Crippen LogP contribution in [0.4, 0.5) is 5.95 Å². The molecule has 33 heavy (non-hydrogen) atoms. The normalized spacial score (nSPS) is 19.0. The quantitative estimate of drug-likeness (QED) is 0.481. The Balaban J connectivity index is 1.57. The minimum Gasteiger partial charge on any atom is -0.494 e. The van der Waals surface area contributed by atoms with E-state index in [1.165, 1.54) is 5.56 Å². The lowest BCUT2D eigenvalue weighted by molar-refractivity contribution is -0.118. The SMILES string of the molecule is CCOc1ccccc1[C@H]1C2=C(CC(C)(C)CC2=O)Nc2nc(SCc3ccccc3)nn21. The molecular formula is C26H28N4O2S. The van der Waals surface area contributed by atoms with Gasteiger partial charge in [0.2, 0.25) is 11.1 Å². The summed E-state index contributed by atoms with van der Waals surface area (Å²) in [6.07, 6.45) is 1.31. The third-order valence-electron chi connectivity index (χ3n) is 6.04. The number of rotatable bonds is 6. The number of para-hydroxylation sites is 1. The Morgan fingerprint density at radius 2 is 1.88 bits per heavy atom. The standard InChI is InChI=1S/C26H28N4O2S/c1-4-32-21-13-9-8-12-18(21)23-22-19(14-26(2,3)15-20(22)31)27-24-28-25(29-30(23)24)33-16-17-10-6-5-7-11-17/h5-13,23H,4,14-16H2,1-3H3,(H,27,28,29)/t23-/m0/s1. The number of thioether (sulfide) groups is 1. The average molecular weight is 461 g/mol. The van der Waals surface area contributed by atoms with Gasteiger partial charge >= 0.3 is 0 Å². The zero-order valence-corrected chi connectivity index (χ0v) is 20.0. The maximum absolute atomic E-state index is 13.4. The molecule has 1 atom stereocenters. The molecule has 0 unspecified atom stereocenters. The van der Waals surface area contributed by atoms with Crippen molar-refractivity contribution in [3.63, 3.8) is 0 Å². The van der Waals surface area contributed by atoms with Crippen LogP contribution in [0.2, 0.25) is 0 Å². The van der Waals surface area contributed by atoms with Crippen LogP contribution in [-0.2, 0) is 10.5 Å². The molecule has 0 fully saturated rings. The number of benzene rings is 2. The predicted octanol–water partition coefficient (Wildman–Crippen LogP) is 5.63. The highest BCUT2D eigenvalue weighted by molar-refractivity contribution is 7.98. The number of hydrogen-bond acceptors (Lipinski definition) is 6. The second-order valence-corrected chi connectivity index (χ2v) is 10.2. The predicted molar refractivity (Wildman–Crippen MR) is 130 cm³/mol. The molecule has 2 heterocycles. The fraction of sp³-hybridized carbons (Fsp3) is 0.346. The Morgan fingerprint density at radius 1 is 1.12 bits per heavy atom. The van der Waals surface area contributed by atoms with E-state index in [9.17, 15) is 4.79 Å². The van der Waals surface area contributed by atoms with Crippen molar-refractivity contribution >= 4 is 23.5 Å². The van der Waals surface area contributed by atoms with Crippen LogP contribution >= 0.6 is 11.8 Å². The molecule has 0 saturated heterocycles. The lowest BCUT2D eigenvalue weighted by atomic mass is 9.73. The second-order valence-electron chi connectivity index (χ2n) is 9.27. The van der Waals surface area contributed by atoms with Crippen LogP contribution in [0.3, 0.4) is 0 Å². The molecule has 5 rings (SSSR count). The van der Waals surface area contributed by atoms with Gasteiger partial charge < -0.3 is 10.1 Å². The van der Waals surface area contributed by atoms with Crippen LogP contribution in [-0.4, -0.2) is 27.2 Å². The molecule has 1 aliphatic carbocycles. The number of ketones is 1. The monoisotopic (exact) mass is 460 g/mol. The maximum Gasteiger partial charge on any atom is 0.227 e. The van der Waals surface area contributed by atoms with Crippen LogP contribution in [0.1, 0.15) is 50.8 Å². The molecule has 1 N–H and O–H groups in total. The molecule has 170 valence electrons. The van der Waals surface area contributed by atoms with Gasteiger partial charge in [0.15, 0.2) is 5.78 Å². The molecular weight excluding hydrogens is 432 g/mol. The fourth-order valence-corrected chi connectivity index (χ4v) is 5.44. The van der Waals surface area contributed by atoms with Crippen molar-refractivity contribution in [2.45, 2.75) is 50.6 Å². The Kier molecular flexibility index (Phi) is 5.74. The number of nitrogens with one attached hydrogen (secondary N) is 1. The highest BCUT2D eigenvalue weighted by Gasteiger charge is 2.42. The molecule has 1 aromatic heterocycles.